The molecule has 0 heterocycles. The van der Waals surface area contributed by atoms with Crippen LogP contribution in [0.15, 0.2) is 12.1 Å². The molecule has 0 saturated carbocycles. The number of nitrogens with one attached hydrogen (secondary N) is 1. The highest BCUT2D eigenvalue weighted by molar-refractivity contribution is 14.1. The minimum atomic E-state index is -0.480. The number of hydrogen-bond acceptors (Lipinski definition) is 5. The van der Waals surface area contributed by atoms with E-state index in [0.29, 0.717) is 6.54 Å². The zero-order valence-electron chi connectivity index (χ0n) is 14.3. The molecule has 0 aliphatic heterocycles. The van der Waals surface area contributed by atoms with Crippen LogP contribution in [0.1, 0.15) is 37.5 Å². The van der Waals surface area contributed by atoms with E-state index in [2.05, 4.69) is 27.9 Å². The maximum atomic E-state index is 11.7. The maximum Gasteiger partial charge on any atom is 0.320 e. The summed E-state index contributed by atoms with van der Waals surface area (Å²) < 4.78 is 11.1. The number of halogens is 1. The van der Waals surface area contributed by atoms with Gasteiger partial charge in [-0.15, -0.1) is 0 Å². The molecule has 0 spiro atoms. The number of hydrogen-bond donors (Lipinski definition) is 1. The van der Waals surface area contributed by atoms with Crippen LogP contribution >= 0.6 is 22.6 Å². The Morgan fingerprint density at radius 1 is 1.22 bits per heavy atom. The van der Waals surface area contributed by atoms with Gasteiger partial charge in [-0.1, -0.05) is 6.07 Å². The Morgan fingerprint density at radius 2 is 1.87 bits per heavy atom. The van der Waals surface area contributed by atoms with Gasteiger partial charge in [0.1, 0.15) is 5.60 Å². The summed E-state index contributed by atoms with van der Waals surface area (Å²) in [6, 6.07) is 4.01. The number of methoxy groups -OCH3 is 1. The molecule has 5 nitrogen and oxygen atoms in total. The van der Waals surface area contributed by atoms with Crippen LogP contribution in [0.25, 0.3) is 0 Å². The van der Waals surface area contributed by atoms with Crippen LogP contribution in [0.5, 0.6) is 0 Å². The van der Waals surface area contributed by atoms with E-state index in [4.69, 9.17) is 9.47 Å². The molecule has 0 saturated heterocycles. The first-order valence-corrected chi connectivity index (χ1v) is 8.47. The van der Waals surface area contributed by atoms with E-state index in [9.17, 15) is 9.59 Å². The molecule has 128 valence electrons. The molecular formula is C17H24INO4. The lowest BCUT2D eigenvalue weighted by molar-refractivity contribution is -0.153. The van der Waals surface area contributed by atoms with Crippen LogP contribution in [0.2, 0.25) is 0 Å². The summed E-state index contributed by atoms with van der Waals surface area (Å²) in [4.78, 5) is 23.2. The lowest BCUT2D eigenvalue weighted by Crippen LogP contribution is -2.31. The largest absolute Gasteiger partial charge is 0.469 e. The molecule has 1 rings (SSSR count). The number of esters is 2. The van der Waals surface area contributed by atoms with Gasteiger partial charge in [-0.25, -0.2) is 0 Å². The molecule has 0 fully saturated rings. The van der Waals surface area contributed by atoms with Crippen molar-refractivity contribution in [3.8, 4) is 0 Å². The van der Waals surface area contributed by atoms with Crippen molar-refractivity contribution in [2.75, 3.05) is 13.7 Å². The van der Waals surface area contributed by atoms with Gasteiger partial charge in [0, 0.05) is 10.1 Å². The fourth-order valence-electron chi connectivity index (χ4n) is 2.00. The van der Waals surface area contributed by atoms with Crippen LogP contribution in [-0.4, -0.2) is 31.2 Å². The van der Waals surface area contributed by atoms with E-state index < -0.39 is 5.60 Å². The molecule has 1 aromatic carbocycles. The van der Waals surface area contributed by atoms with Crippen molar-refractivity contribution in [3.05, 3.63) is 32.4 Å². The molecule has 0 amide bonds. The summed E-state index contributed by atoms with van der Waals surface area (Å²) in [6.07, 6.45) is 0.248. The quantitative estimate of drug-likeness (QED) is 0.552. The van der Waals surface area contributed by atoms with Crippen LogP contribution < -0.4 is 5.32 Å². The Morgan fingerprint density at radius 3 is 2.43 bits per heavy atom. The Balaban J connectivity index is 2.67. The minimum Gasteiger partial charge on any atom is -0.469 e. The third-order valence-corrected chi connectivity index (χ3v) is 4.21. The summed E-state index contributed by atoms with van der Waals surface area (Å²) in [7, 11) is 1.38. The predicted molar refractivity (Wildman–Crippen MR) is 97.2 cm³/mol. The Bertz CT molecular complexity index is 579. The monoisotopic (exact) mass is 433 g/mol. The Labute approximate surface area is 151 Å². The van der Waals surface area contributed by atoms with E-state index in [-0.39, 0.29) is 24.9 Å². The molecular weight excluding hydrogens is 409 g/mol. The molecule has 0 atom stereocenters. The van der Waals surface area contributed by atoms with Crippen molar-refractivity contribution in [1.29, 1.82) is 0 Å². The molecule has 23 heavy (non-hydrogen) atoms. The third-order valence-electron chi connectivity index (χ3n) is 3.09. The number of rotatable bonds is 6. The average Bonchev–Trinajstić information content (AvgIpc) is 2.42. The van der Waals surface area contributed by atoms with E-state index in [1.165, 1.54) is 7.11 Å². The van der Waals surface area contributed by atoms with Crippen LogP contribution in [0.4, 0.5) is 0 Å². The summed E-state index contributed by atoms with van der Waals surface area (Å²) in [5.74, 6) is -0.545. The minimum absolute atomic E-state index is 0.147. The molecule has 0 bridgehead atoms. The van der Waals surface area contributed by atoms with Crippen molar-refractivity contribution in [3.63, 3.8) is 0 Å². The van der Waals surface area contributed by atoms with Crippen LogP contribution in [0.3, 0.4) is 0 Å². The van der Waals surface area contributed by atoms with E-state index in [1.807, 2.05) is 39.8 Å². The van der Waals surface area contributed by atoms with Gasteiger partial charge in [0.2, 0.25) is 0 Å². The van der Waals surface area contributed by atoms with Crippen molar-refractivity contribution in [1.82, 2.24) is 5.32 Å². The predicted octanol–water partition coefficient (Wildman–Crippen LogP) is 2.75. The summed E-state index contributed by atoms with van der Waals surface area (Å²) >= 11 is 2.25. The van der Waals surface area contributed by atoms with E-state index >= 15 is 0 Å². The van der Waals surface area contributed by atoms with Crippen LogP contribution in [-0.2, 0) is 32.0 Å². The van der Waals surface area contributed by atoms with Gasteiger partial charge in [-0.2, -0.15) is 0 Å². The number of benzene rings is 1. The number of carbonyl (C=O) groups is 2. The van der Waals surface area contributed by atoms with Gasteiger partial charge in [0.25, 0.3) is 0 Å². The molecule has 1 aromatic rings. The molecule has 0 unspecified atom stereocenters. The highest BCUT2D eigenvalue weighted by Crippen LogP contribution is 2.20. The van der Waals surface area contributed by atoms with Crippen molar-refractivity contribution >= 4 is 34.5 Å². The van der Waals surface area contributed by atoms with Gasteiger partial charge in [-0.05, 0) is 73.0 Å². The third kappa shape index (κ3) is 7.30. The lowest BCUT2D eigenvalue weighted by Gasteiger charge is -2.19. The first-order chi connectivity index (χ1) is 10.6. The Kier molecular flexibility index (Phi) is 7.47. The van der Waals surface area contributed by atoms with E-state index in [1.54, 1.807) is 0 Å². The number of ether oxygens (including phenoxy) is 2. The summed E-state index contributed by atoms with van der Waals surface area (Å²) in [5.41, 5.74) is 2.55. The Hall–Kier alpha value is -1.15. The van der Waals surface area contributed by atoms with Gasteiger partial charge in [0.05, 0.1) is 20.1 Å². The standard InChI is InChI=1S/C17H24INO4/c1-11-13(8-15(20)22-5)6-12(7-14(11)18)9-19-10-16(21)23-17(2,3)4/h6-7,19H,8-10H2,1-5H3. The topological polar surface area (TPSA) is 64.6 Å². The van der Waals surface area contributed by atoms with Crippen LogP contribution in [0, 0.1) is 10.5 Å². The van der Waals surface area contributed by atoms with Crippen molar-refractivity contribution in [2.24, 2.45) is 0 Å². The van der Waals surface area contributed by atoms with Gasteiger partial charge >= 0.3 is 11.9 Å². The summed E-state index contributed by atoms with van der Waals surface area (Å²) in [6.45, 7) is 8.18. The van der Waals surface area contributed by atoms with Crippen molar-refractivity contribution < 1.29 is 19.1 Å². The van der Waals surface area contributed by atoms with Gasteiger partial charge in [0.15, 0.2) is 0 Å². The zero-order valence-corrected chi connectivity index (χ0v) is 16.4. The first-order valence-electron chi connectivity index (χ1n) is 7.39. The average molecular weight is 433 g/mol. The fraction of sp³-hybridized carbons (Fsp3) is 0.529. The second-order valence-electron chi connectivity index (χ2n) is 6.30. The zero-order chi connectivity index (χ0) is 17.6. The van der Waals surface area contributed by atoms with Gasteiger partial charge < -0.3 is 14.8 Å². The fourth-order valence-corrected chi connectivity index (χ4v) is 2.74. The SMILES string of the molecule is COC(=O)Cc1cc(CNCC(=O)OC(C)(C)C)cc(I)c1C. The van der Waals surface area contributed by atoms with Crippen molar-refractivity contribution in [2.45, 2.75) is 46.3 Å². The second kappa shape index (κ2) is 8.63. The molecule has 1 N–H and O–H groups in total. The molecule has 0 aromatic heterocycles. The maximum absolute atomic E-state index is 11.7. The summed E-state index contributed by atoms with van der Waals surface area (Å²) in [5, 5.41) is 3.07. The molecule has 0 aliphatic rings. The van der Waals surface area contributed by atoms with Gasteiger partial charge in [-0.3, -0.25) is 9.59 Å². The molecule has 0 aliphatic carbocycles. The molecule has 0 radical (unpaired) electrons. The highest BCUT2D eigenvalue weighted by Gasteiger charge is 2.16. The molecule has 6 heteroatoms. The highest BCUT2D eigenvalue weighted by atomic mass is 127. The normalized spacial score (nSPS) is 11.2. The van der Waals surface area contributed by atoms with E-state index in [0.717, 1.165) is 20.3 Å². The first kappa shape index (κ1) is 19.9. The second-order valence-corrected chi connectivity index (χ2v) is 7.47. The number of carbonyl (C=O) groups excluding carboxylic acids is 2. The lowest BCUT2D eigenvalue weighted by atomic mass is 10.0. The smallest absolute Gasteiger partial charge is 0.320 e.